The minimum absolute atomic E-state index is 0.151. The van der Waals surface area contributed by atoms with Crippen LogP contribution in [0.15, 0.2) is 42.5 Å². The van der Waals surface area contributed by atoms with Gasteiger partial charge in [-0.25, -0.2) is 4.39 Å². The molecule has 0 spiro atoms. The van der Waals surface area contributed by atoms with Crippen LogP contribution in [0.2, 0.25) is 5.02 Å². The average Bonchev–Trinajstić information content (AvgIpc) is 2.38. The molecule has 2 aromatic carbocycles. The van der Waals surface area contributed by atoms with Gasteiger partial charge in [0.2, 0.25) is 0 Å². The van der Waals surface area contributed by atoms with Crippen molar-refractivity contribution in [3.05, 3.63) is 70.0 Å². The Morgan fingerprint density at radius 2 is 1.95 bits per heavy atom. The van der Waals surface area contributed by atoms with Gasteiger partial charge < -0.3 is 5.32 Å². The molecular weight excluding hydrogens is 261 g/mol. The second kappa shape index (κ2) is 6.18. The van der Waals surface area contributed by atoms with Gasteiger partial charge in [-0.2, -0.15) is 0 Å². The number of benzene rings is 2. The molecule has 2 rings (SSSR count). The summed E-state index contributed by atoms with van der Waals surface area (Å²) in [5.74, 6) is -0.194. The summed E-state index contributed by atoms with van der Waals surface area (Å²) in [5, 5.41) is 4.17. The van der Waals surface area contributed by atoms with Gasteiger partial charge in [-0.05, 0) is 48.7 Å². The number of aryl methyl sites for hydroxylation is 1. The van der Waals surface area contributed by atoms with Crippen LogP contribution in [0.3, 0.4) is 0 Å². The van der Waals surface area contributed by atoms with Gasteiger partial charge in [0.15, 0.2) is 0 Å². The van der Waals surface area contributed by atoms with E-state index in [9.17, 15) is 4.39 Å². The predicted octanol–water partition coefficient (Wildman–Crippen LogP) is 4.64. The van der Waals surface area contributed by atoms with Crippen LogP contribution in [0.4, 0.5) is 4.39 Å². The van der Waals surface area contributed by atoms with Gasteiger partial charge in [-0.1, -0.05) is 35.9 Å². The maximum Gasteiger partial charge on any atom is 0.123 e. The molecule has 0 unspecified atom stereocenters. The van der Waals surface area contributed by atoms with Gasteiger partial charge >= 0.3 is 0 Å². The molecule has 0 bridgehead atoms. The lowest BCUT2D eigenvalue weighted by molar-refractivity contribution is 0.571. The Bertz CT molecular complexity index is 568. The van der Waals surface area contributed by atoms with Crippen LogP contribution < -0.4 is 5.32 Å². The average molecular weight is 278 g/mol. The maximum atomic E-state index is 13.0. The Kier molecular flexibility index (Phi) is 4.56. The first kappa shape index (κ1) is 14.0. The smallest absolute Gasteiger partial charge is 0.123 e. The fourth-order valence-electron chi connectivity index (χ4n) is 2.06. The number of rotatable bonds is 4. The van der Waals surface area contributed by atoms with Gasteiger partial charge in [-0.3, -0.25) is 0 Å². The molecule has 0 saturated heterocycles. The molecule has 100 valence electrons. The van der Waals surface area contributed by atoms with Crippen LogP contribution in [0, 0.1) is 12.7 Å². The number of hydrogen-bond acceptors (Lipinski definition) is 1. The molecule has 0 fully saturated rings. The summed E-state index contributed by atoms with van der Waals surface area (Å²) in [4.78, 5) is 0. The summed E-state index contributed by atoms with van der Waals surface area (Å²) in [6.07, 6.45) is 0. The topological polar surface area (TPSA) is 12.0 Å². The summed E-state index contributed by atoms with van der Waals surface area (Å²) >= 11 is 6.16. The highest BCUT2D eigenvalue weighted by Crippen LogP contribution is 2.22. The number of halogens is 2. The second-order valence-electron chi connectivity index (χ2n) is 4.69. The first-order chi connectivity index (χ1) is 9.08. The van der Waals surface area contributed by atoms with E-state index >= 15 is 0 Å². The van der Waals surface area contributed by atoms with Crippen molar-refractivity contribution >= 4 is 11.6 Å². The summed E-state index contributed by atoms with van der Waals surface area (Å²) in [6, 6.07) is 12.8. The normalized spacial score (nSPS) is 12.4. The highest BCUT2D eigenvalue weighted by molar-refractivity contribution is 6.31. The summed E-state index contributed by atoms with van der Waals surface area (Å²) in [7, 11) is 0. The predicted molar refractivity (Wildman–Crippen MR) is 77.8 cm³/mol. The van der Waals surface area contributed by atoms with E-state index in [1.807, 2.05) is 37.3 Å². The van der Waals surface area contributed by atoms with Gasteiger partial charge in [0.05, 0.1) is 0 Å². The molecule has 0 saturated carbocycles. The van der Waals surface area contributed by atoms with E-state index in [1.54, 1.807) is 6.07 Å². The molecular formula is C16H17ClFN. The third kappa shape index (κ3) is 3.55. The molecule has 0 amide bonds. The van der Waals surface area contributed by atoms with E-state index in [-0.39, 0.29) is 11.9 Å². The van der Waals surface area contributed by atoms with Crippen LogP contribution >= 0.6 is 11.6 Å². The van der Waals surface area contributed by atoms with Gasteiger partial charge in [0.25, 0.3) is 0 Å². The van der Waals surface area contributed by atoms with Crippen LogP contribution in [0.25, 0.3) is 0 Å². The highest BCUT2D eigenvalue weighted by atomic mass is 35.5. The zero-order valence-corrected chi connectivity index (χ0v) is 11.8. The SMILES string of the molecule is Cc1cc(F)ccc1CN[C@H](C)c1ccccc1Cl. The summed E-state index contributed by atoms with van der Waals surface area (Å²) in [5.41, 5.74) is 3.13. The monoisotopic (exact) mass is 277 g/mol. The standard InChI is InChI=1S/C16H17ClFN/c1-11-9-14(18)8-7-13(11)10-19-12(2)15-5-3-4-6-16(15)17/h3-9,12,19H,10H2,1-2H3/t12-/m1/s1. The van der Waals surface area contributed by atoms with Crippen LogP contribution in [-0.4, -0.2) is 0 Å². The van der Waals surface area contributed by atoms with E-state index in [2.05, 4.69) is 12.2 Å². The van der Waals surface area contributed by atoms with Crippen LogP contribution in [0.5, 0.6) is 0 Å². The highest BCUT2D eigenvalue weighted by Gasteiger charge is 2.09. The molecule has 1 N–H and O–H groups in total. The van der Waals surface area contributed by atoms with Crippen molar-refractivity contribution in [2.24, 2.45) is 0 Å². The van der Waals surface area contributed by atoms with Crippen molar-refractivity contribution in [2.45, 2.75) is 26.4 Å². The second-order valence-corrected chi connectivity index (χ2v) is 5.10. The molecule has 3 heteroatoms. The zero-order chi connectivity index (χ0) is 13.8. The Hall–Kier alpha value is -1.38. The molecule has 0 aliphatic heterocycles. The van der Waals surface area contributed by atoms with E-state index < -0.39 is 0 Å². The lowest BCUT2D eigenvalue weighted by Gasteiger charge is -2.16. The minimum Gasteiger partial charge on any atom is -0.306 e. The van der Waals surface area contributed by atoms with Crippen molar-refractivity contribution < 1.29 is 4.39 Å². The molecule has 19 heavy (non-hydrogen) atoms. The van der Waals surface area contributed by atoms with Gasteiger partial charge in [-0.15, -0.1) is 0 Å². The van der Waals surface area contributed by atoms with Crippen molar-refractivity contribution in [3.63, 3.8) is 0 Å². The third-order valence-electron chi connectivity index (χ3n) is 3.28. The molecule has 1 nitrogen and oxygen atoms in total. The largest absolute Gasteiger partial charge is 0.306 e. The zero-order valence-electron chi connectivity index (χ0n) is 11.1. The first-order valence-corrected chi connectivity index (χ1v) is 6.68. The number of nitrogens with one attached hydrogen (secondary N) is 1. The molecule has 2 aromatic rings. The Labute approximate surface area is 118 Å². The van der Waals surface area contributed by atoms with Crippen molar-refractivity contribution in [1.29, 1.82) is 0 Å². The summed E-state index contributed by atoms with van der Waals surface area (Å²) in [6.45, 7) is 4.68. The minimum atomic E-state index is -0.194. The van der Waals surface area contributed by atoms with E-state index in [0.717, 1.165) is 21.7 Å². The molecule has 1 atom stereocenters. The van der Waals surface area contributed by atoms with Crippen molar-refractivity contribution in [1.82, 2.24) is 5.32 Å². The van der Waals surface area contributed by atoms with Crippen molar-refractivity contribution in [2.75, 3.05) is 0 Å². The molecule has 0 aliphatic rings. The van der Waals surface area contributed by atoms with Crippen LogP contribution in [0.1, 0.15) is 29.7 Å². The van der Waals surface area contributed by atoms with Gasteiger partial charge in [0, 0.05) is 17.6 Å². The van der Waals surface area contributed by atoms with E-state index in [1.165, 1.54) is 6.07 Å². The molecule has 0 aliphatic carbocycles. The van der Waals surface area contributed by atoms with E-state index in [4.69, 9.17) is 11.6 Å². The lowest BCUT2D eigenvalue weighted by atomic mass is 10.1. The maximum absolute atomic E-state index is 13.0. The fraction of sp³-hybridized carbons (Fsp3) is 0.250. The van der Waals surface area contributed by atoms with Crippen LogP contribution in [-0.2, 0) is 6.54 Å². The third-order valence-corrected chi connectivity index (χ3v) is 3.62. The fourth-order valence-corrected chi connectivity index (χ4v) is 2.36. The quantitative estimate of drug-likeness (QED) is 0.858. The Morgan fingerprint density at radius 3 is 2.63 bits per heavy atom. The van der Waals surface area contributed by atoms with Crippen molar-refractivity contribution in [3.8, 4) is 0 Å². The van der Waals surface area contributed by atoms with E-state index in [0.29, 0.717) is 6.54 Å². The number of hydrogen-bond donors (Lipinski definition) is 1. The first-order valence-electron chi connectivity index (χ1n) is 6.31. The molecule has 0 heterocycles. The lowest BCUT2D eigenvalue weighted by Crippen LogP contribution is -2.19. The molecule has 0 aromatic heterocycles. The summed E-state index contributed by atoms with van der Waals surface area (Å²) < 4.78 is 13.0. The Morgan fingerprint density at radius 1 is 1.21 bits per heavy atom. The van der Waals surface area contributed by atoms with Gasteiger partial charge in [0.1, 0.15) is 5.82 Å². The Balaban J connectivity index is 2.04. The molecule has 0 radical (unpaired) electrons.